The van der Waals surface area contributed by atoms with Gasteiger partial charge < -0.3 is 24.8 Å². The monoisotopic (exact) mass is 491 g/mol. The number of allylic oxidation sites excluding steroid dienone is 1. The first-order chi connectivity index (χ1) is 15.5. The summed E-state index contributed by atoms with van der Waals surface area (Å²) in [5.74, 6) is -3.20. The van der Waals surface area contributed by atoms with Gasteiger partial charge in [-0.2, -0.15) is 13.2 Å². The second kappa shape index (κ2) is 11.4. The van der Waals surface area contributed by atoms with E-state index >= 15 is 0 Å². The lowest BCUT2D eigenvalue weighted by Gasteiger charge is -2.14. The van der Waals surface area contributed by atoms with Crippen molar-refractivity contribution in [3.05, 3.63) is 53.1 Å². The Bertz CT molecular complexity index is 1050. The molecular weight excluding hydrogens is 474 g/mol. The molecule has 0 saturated heterocycles. The molecule has 0 unspecified atom stereocenters. The summed E-state index contributed by atoms with van der Waals surface area (Å²) in [6, 6.07) is 4.66. The molecule has 0 fully saturated rings. The molecule has 0 aliphatic heterocycles. The van der Waals surface area contributed by atoms with Crippen LogP contribution in [0.2, 0.25) is 5.02 Å². The SMILES string of the molecule is CCOC(=O)COc1ncccc1Oc1cc(NC(=O)/C=C(\NC)C(F)(F)F)c(F)cc1Cl. The van der Waals surface area contributed by atoms with Crippen LogP contribution in [0.15, 0.2) is 42.2 Å². The molecular formula is C20H18ClF4N3O5. The van der Waals surface area contributed by atoms with Crippen molar-refractivity contribution < 1.29 is 41.4 Å². The first-order valence-corrected chi connectivity index (χ1v) is 9.60. The van der Waals surface area contributed by atoms with Gasteiger partial charge in [0.1, 0.15) is 17.3 Å². The summed E-state index contributed by atoms with van der Waals surface area (Å²) in [5, 5.41) is 3.62. The maximum Gasteiger partial charge on any atom is 0.431 e. The molecule has 2 N–H and O–H groups in total. The highest BCUT2D eigenvalue weighted by molar-refractivity contribution is 6.32. The fourth-order valence-corrected chi connectivity index (χ4v) is 2.50. The number of benzene rings is 1. The zero-order valence-corrected chi connectivity index (χ0v) is 18.0. The van der Waals surface area contributed by atoms with E-state index in [1.165, 1.54) is 18.3 Å². The van der Waals surface area contributed by atoms with E-state index in [1.807, 2.05) is 10.6 Å². The molecule has 0 saturated carbocycles. The number of halogens is 5. The first-order valence-electron chi connectivity index (χ1n) is 9.23. The van der Waals surface area contributed by atoms with Crippen LogP contribution in [0.5, 0.6) is 17.4 Å². The van der Waals surface area contributed by atoms with Gasteiger partial charge in [0.25, 0.3) is 11.8 Å². The van der Waals surface area contributed by atoms with Gasteiger partial charge in [0.2, 0.25) is 0 Å². The number of hydrogen-bond donors (Lipinski definition) is 2. The van der Waals surface area contributed by atoms with E-state index in [-0.39, 0.29) is 35.1 Å². The molecule has 1 aromatic carbocycles. The van der Waals surface area contributed by atoms with Gasteiger partial charge >= 0.3 is 12.1 Å². The number of pyridine rings is 1. The van der Waals surface area contributed by atoms with E-state index in [1.54, 1.807) is 6.92 Å². The van der Waals surface area contributed by atoms with Crippen LogP contribution in [0.25, 0.3) is 0 Å². The van der Waals surface area contributed by atoms with E-state index in [9.17, 15) is 27.2 Å². The minimum absolute atomic E-state index is 0.0120. The van der Waals surface area contributed by atoms with Crippen molar-refractivity contribution in [2.75, 3.05) is 25.6 Å². The molecule has 1 heterocycles. The summed E-state index contributed by atoms with van der Waals surface area (Å²) in [6.45, 7) is 1.32. The number of nitrogens with one attached hydrogen (secondary N) is 2. The Hall–Kier alpha value is -3.54. The summed E-state index contributed by atoms with van der Waals surface area (Å²) in [5.41, 5.74) is -1.82. The van der Waals surface area contributed by atoms with Gasteiger partial charge in [0, 0.05) is 25.4 Å². The van der Waals surface area contributed by atoms with Crippen LogP contribution in [0.1, 0.15) is 6.92 Å². The third kappa shape index (κ3) is 7.52. The van der Waals surface area contributed by atoms with Crippen molar-refractivity contribution in [1.82, 2.24) is 10.3 Å². The van der Waals surface area contributed by atoms with Gasteiger partial charge in [0.15, 0.2) is 12.4 Å². The van der Waals surface area contributed by atoms with Crippen molar-refractivity contribution in [3.63, 3.8) is 0 Å². The number of aromatic nitrogens is 1. The number of carbonyl (C=O) groups is 2. The lowest BCUT2D eigenvalue weighted by atomic mass is 10.2. The molecule has 0 aliphatic carbocycles. The third-order valence-corrected chi connectivity index (χ3v) is 4.01. The van der Waals surface area contributed by atoms with Gasteiger partial charge in [-0.15, -0.1) is 0 Å². The van der Waals surface area contributed by atoms with Crippen molar-refractivity contribution >= 4 is 29.2 Å². The fourth-order valence-electron chi connectivity index (χ4n) is 2.31. The van der Waals surface area contributed by atoms with Crippen LogP contribution in [0.3, 0.4) is 0 Å². The second-order valence-corrected chi connectivity index (χ2v) is 6.47. The third-order valence-electron chi connectivity index (χ3n) is 3.72. The number of ether oxygens (including phenoxy) is 3. The van der Waals surface area contributed by atoms with Crippen LogP contribution in [0, 0.1) is 5.82 Å². The highest BCUT2D eigenvalue weighted by Crippen LogP contribution is 2.36. The Kier molecular flexibility index (Phi) is 8.85. The average Bonchev–Trinajstić information content (AvgIpc) is 2.74. The molecule has 0 atom stereocenters. The number of nitrogens with zero attached hydrogens (tertiary/aromatic N) is 1. The first kappa shape index (κ1) is 25.7. The lowest BCUT2D eigenvalue weighted by molar-refractivity contribution is -0.145. The Labute approximate surface area is 190 Å². The Balaban J connectivity index is 2.25. The number of esters is 1. The Morgan fingerprint density at radius 3 is 2.61 bits per heavy atom. The predicted octanol–water partition coefficient (Wildman–Crippen LogP) is 4.21. The molecule has 1 aromatic heterocycles. The molecule has 2 rings (SSSR count). The summed E-state index contributed by atoms with van der Waals surface area (Å²) < 4.78 is 68.2. The molecule has 0 radical (unpaired) electrons. The number of amides is 1. The van der Waals surface area contributed by atoms with Gasteiger partial charge in [0.05, 0.1) is 17.3 Å². The molecule has 178 valence electrons. The summed E-state index contributed by atoms with van der Waals surface area (Å²) >= 11 is 5.99. The summed E-state index contributed by atoms with van der Waals surface area (Å²) in [6.07, 6.45) is -3.21. The quantitative estimate of drug-likeness (QED) is 0.308. The number of carbonyl (C=O) groups excluding carboxylic acids is 2. The molecule has 2 aromatic rings. The summed E-state index contributed by atoms with van der Waals surface area (Å²) in [7, 11) is 0.983. The summed E-state index contributed by atoms with van der Waals surface area (Å²) in [4.78, 5) is 27.4. The smallest absolute Gasteiger partial charge is 0.431 e. The minimum Gasteiger partial charge on any atom is -0.463 e. The van der Waals surface area contributed by atoms with Crippen LogP contribution >= 0.6 is 11.6 Å². The van der Waals surface area contributed by atoms with Crippen LogP contribution in [-0.4, -0.2) is 43.3 Å². The van der Waals surface area contributed by atoms with Crippen LogP contribution in [-0.2, 0) is 14.3 Å². The number of hydrogen-bond acceptors (Lipinski definition) is 7. The molecule has 1 amide bonds. The molecule has 13 heteroatoms. The van der Waals surface area contributed by atoms with E-state index in [0.717, 1.165) is 19.2 Å². The molecule has 0 spiro atoms. The highest BCUT2D eigenvalue weighted by Gasteiger charge is 2.33. The highest BCUT2D eigenvalue weighted by atomic mass is 35.5. The van der Waals surface area contributed by atoms with Gasteiger partial charge in [-0.25, -0.2) is 14.2 Å². The van der Waals surface area contributed by atoms with E-state index < -0.39 is 41.9 Å². The fraction of sp³-hybridized carbons (Fsp3) is 0.250. The largest absolute Gasteiger partial charge is 0.463 e. The standard InChI is InChI=1S/C20H18ClF4N3O5/c1-3-31-18(30)10-32-19-14(5-4-6-27-19)33-15-8-13(12(22)7-11(15)21)28-17(29)9-16(26-2)20(23,24)25/h4-9,26H,3,10H2,1-2H3,(H,28,29)/b16-9-. The number of alkyl halides is 3. The van der Waals surface area contributed by atoms with Crippen molar-refractivity contribution in [2.45, 2.75) is 13.1 Å². The average molecular weight is 492 g/mol. The van der Waals surface area contributed by atoms with Crippen molar-refractivity contribution in [3.8, 4) is 17.4 Å². The Morgan fingerprint density at radius 1 is 1.24 bits per heavy atom. The van der Waals surface area contributed by atoms with Gasteiger partial charge in [-0.1, -0.05) is 11.6 Å². The zero-order valence-electron chi connectivity index (χ0n) is 17.3. The maximum atomic E-state index is 14.2. The number of anilines is 1. The topological polar surface area (TPSA) is 98.8 Å². The molecule has 8 nitrogen and oxygen atoms in total. The zero-order chi connectivity index (χ0) is 24.6. The molecule has 0 bridgehead atoms. The lowest BCUT2D eigenvalue weighted by Crippen LogP contribution is -2.25. The van der Waals surface area contributed by atoms with E-state index in [0.29, 0.717) is 0 Å². The molecule has 0 aliphatic rings. The normalized spacial score (nSPS) is 11.5. The Morgan fingerprint density at radius 2 is 1.97 bits per heavy atom. The molecule has 33 heavy (non-hydrogen) atoms. The van der Waals surface area contributed by atoms with Crippen molar-refractivity contribution in [2.24, 2.45) is 0 Å². The predicted molar refractivity (Wildman–Crippen MR) is 110 cm³/mol. The number of rotatable bonds is 9. The van der Waals surface area contributed by atoms with Crippen LogP contribution in [0.4, 0.5) is 23.2 Å². The van der Waals surface area contributed by atoms with Gasteiger partial charge in [-0.3, -0.25) is 4.79 Å². The van der Waals surface area contributed by atoms with E-state index in [2.05, 4.69) is 4.98 Å². The maximum absolute atomic E-state index is 14.2. The van der Waals surface area contributed by atoms with Gasteiger partial charge in [-0.05, 0) is 25.1 Å². The second-order valence-electron chi connectivity index (χ2n) is 6.06. The minimum atomic E-state index is -4.81. The van der Waals surface area contributed by atoms with Crippen molar-refractivity contribution in [1.29, 1.82) is 0 Å². The van der Waals surface area contributed by atoms with E-state index in [4.69, 9.17) is 25.8 Å². The van der Waals surface area contributed by atoms with Crippen LogP contribution < -0.4 is 20.1 Å².